The average molecular weight is 261 g/mol. The Morgan fingerprint density at radius 1 is 1.24 bits per heavy atom. The van der Waals surface area contributed by atoms with Crippen LogP contribution in [0.4, 0.5) is 4.79 Å². The van der Waals surface area contributed by atoms with Crippen molar-refractivity contribution in [2.45, 2.75) is 44.9 Å². The molecule has 0 fully saturated rings. The minimum atomic E-state index is -1.15. The molecule has 6 heteroatoms. The smallest absolute Gasteiger partial charge is 0.407 e. The van der Waals surface area contributed by atoms with Crippen molar-refractivity contribution in [1.82, 2.24) is 5.32 Å². The molecule has 0 unspecified atom stereocenters. The standard InChI is InChI=1S/C11H23NO4Si/c1-17(2,3)9-8-16-11(15)12-7-5-4-6-10(13)14/h4-9H2,1-3H3,(H,12,15)(H,13,14). The third kappa shape index (κ3) is 12.9. The Labute approximate surface area is 104 Å². The summed E-state index contributed by atoms with van der Waals surface area (Å²) >= 11 is 0. The Bertz CT molecular complexity index is 250. The number of aliphatic carboxylic acids is 1. The van der Waals surface area contributed by atoms with Crippen molar-refractivity contribution >= 4 is 20.1 Å². The van der Waals surface area contributed by atoms with Crippen LogP contribution >= 0.6 is 0 Å². The molecule has 0 radical (unpaired) electrons. The molecular weight excluding hydrogens is 238 g/mol. The third-order valence-electron chi connectivity index (χ3n) is 2.17. The van der Waals surface area contributed by atoms with E-state index in [4.69, 9.17) is 9.84 Å². The van der Waals surface area contributed by atoms with E-state index in [1.165, 1.54) is 0 Å². The monoisotopic (exact) mass is 261 g/mol. The highest BCUT2D eigenvalue weighted by Gasteiger charge is 2.13. The van der Waals surface area contributed by atoms with Gasteiger partial charge in [0, 0.05) is 21.0 Å². The number of carbonyl (C=O) groups is 2. The lowest BCUT2D eigenvalue weighted by molar-refractivity contribution is -0.137. The van der Waals surface area contributed by atoms with Crippen LogP contribution in [-0.4, -0.2) is 38.4 Å². The predicted molar refractivity (Wildman–Crippen MR) is 69.0 cm³/mol. The predicted octanol–water partition coefficient (Wildman–Crippen LogP) is 2.31. The van der Waals surface area contributed by atoms with Gasteiger partial charge in [-0.3, -0.25) is 4.79 Å². The molecule has 0 rings (SSSR count). The minimum absolute atomic E-state index is 0.145. The summed E-state index contributed by atoms with van der Waals surface area (Å²) in [6.45, 7) is 7.61. The van der Waals surface area contributed by atoms with Gasteiger partial charge >= 0.3 is 12.1 Å². The molecule has 2 N–H and O–H groups in total. The second kappa shape index (κ2) is 8.11. The van der Waals surface area contributed by atoms with Crippen molar-refractivity contribution in [3.8, 4) is 0 Å². The first-order chi connectivity index (χ1) is 7.81. The van der Waals surface area contributed by atoms with Crippen LogP contribution in [0, 0.1) is 0 Å². The van der Waals surface area contributed by atoms with Gasteiger partial charge in [-0.25, -0.2) is 4.79 Å². The lowest BCUT2D eigenvalue weighted by Gasteiger charge is -2.15. The van der Waals surface area contributed by atoms with E-state index in [0.717, 1.165) is 6.04 Å². The summed E-state index contributed by atoms with van der Waals surface area (Å²) in [7, 11) is -1.15. The first-order valence-corrected chi connectivity index (χ1v) is 9.64. The summed E-state index contributed by atoms with van der Waals surface area (Å²) in [4.78, 5) is 21.4. The molecule has 0 spiro atoms. The molecule has 17 heavy (non-hydrogen) atoms. The summed E-state index contributed by atoms with van der Waals surface area (Å²) in [5.41, 5.74) is 0. The molecule has 0 aliphatic carbocycles. The Kier molecular flexibility index (Phi) is 7.61. The molecule has 0 bridgehead atoms. The largest absolute Gasteiger partial charge is 0.481 e. The molecule has 100 valence electrons. The van der Waals surface area contributed by atoms with Crippen molar-refractivity contribution in [3.63, 3.8) is 0 Å². The fourth-order valence-corrected chi connectivity index (χ4v) is 1.81. The van der Waals surface area contributed by atoms with E-state index in [1.807, 2.05) is 0 Å². The molecule has 0 aromatic rings. The second-order valence-electron chi connectivity index (χ2n) is 5.22. The van der Waals surface area contributed by atoms with Crippen molar-refractivity contribution in [2.24, 2.45) is 0 Å². The van der Waals surface area contributed by atoms with Gasteiger partial charge < -0.3 is 15.2 Å². The van der Waals surface area contributed by atoms with Gasteiger partial charge in [-0.15, -0.1) is 0 Å². The average Bonchev–Trinajstić information content (AvgIpc) is 2.14. The number of amides is 1. The maximum Gasteiger partial charge on any atom is 0.407 e. The summed E-state index contributed by atoms with van der Waals surface area (Å²) in [6.07, 6.45) is 0.977. The zero-order valence-corrected chi connectivity index (χ0v) is 11.9. The van der Waals surface area contributed by atoms with E-state index in [1.54, 1.807) is 0 Å². The highest BCUT2D eigenvalue weighted by Crippen LogP contribution is 2.07. The number of carboxylic acids is 1. The van der Waals surface area contributed by atoms with E-state index in [0.29, 0.717) is 26.0 Å². The molecule has 0 aliphatic heterocycles. The van der Waals surface area contributed by atoms with E-state index >= 15 is 0 Å². The van der Waals surface area contributed by atoms with Crippen LogP contribution in [0.25, 0.3) is 0 Å². The van der Waals surface area contributed by atoms with Gasteiger partial charge in [-0.1, -0.05) is 19.6 Å². The summed E-state index contributed by atoms with van der Waals surface area (Å²) in [5, 5.41) is 11.0. The molecule has 5 nitrogen and oxygen atoms in total. The van der Waals surface area contributed by atoms with Gasteiger partial charge in [-0.05, 0) is 18.9 Å². The number of unbranched alkanes of at least 4 members (excludes halogenated alkanes) is 1. The highest BCUT2D eigenvalue weighted by atomic mass is 28.3. The quantitative estimate of drug-likeness (QED) is 0.519. The third-order valence-corrected chi connectivity index (χ3v) is 3.88. The maximum absolute atomic E-state index is 11.2. The van der Waals surface area contributed by atoms with Crippen molar-refractivity contribution < 1.29 is 19.4 Å². The minimum Gasteiger partial charge on any atom is -0.481 e. The lowest BCUT2D eigenvalue weighted by atomic mass is 10.2. The van der Waals surface area contributed by atoms with Crippen LogP contribution < -0.4 is 5.32 Å². The molecule has 0 aromatic carbocycles. The van der Waals surface area contributed by atoms with Crippen LogP contribution in [0.3, 0.4) is 0 Å². The number of carbonyl (C=O) groups excluding carboxylic acids is 1. The van der Waals surface area contributed by atoms with Gasteiger partial charge in [0.25, 0.3) is 0 Å². The van der Waals surface area contributed by atoms with Crippen LogP contribution in [-0.2, 0) is 9.53 Å². The fraction of sp³-hybridized carbons (Fsp3) is 0.818. The number of hydrogen-bond acceptors (Lipinski definition) is 3. The van der Waals surface area contributed by atoms with Crippen molar-refractivity contribution in [3.05, 3.63) is 0 Å². The number of alkyl carbamates (subject to hydrolysis) is 1. The normalized spacial score (nSPS) is 11.0. The Hall–Kier alpha value is -1.04. The number of hydrogen-bond donors (Lipinski definition) is 2. The molecule has 0 aliphatic rings. The second-order valence-corrected chi connectivity index (χ2v) is 10.8. The van der Waals surface area contributed by atoms with Gasteiger partial charge in [0.1, 0.15) is 0 Å². The number of ether oxygens (including phenoxy) is 1. The summed E-state index contributed by atoms with van der Waals surface area (Å²) in [6, 6.07) is 0.958. The lowest BCUT2D eigenvalue weighted by Crippen LogP contribution is -2.28. The zero-order chi connectivity index (χ0) is 13.3. The first-order valence-electron chi connectivity index (χ1n) is 5.94. The van der Waals surface area contributed by atoms with Crippen LogP contribution in [0.2, 0.25) is 25.7 Å². The topological polar surface area (TPSA) is 75.6 Å². The molecule has 1 amide bonds. The van der Waals surface area contributed by atoms with Crippen LogP contribution in [0.5, 0.6) is 0 Å². The van der Waals surface area contributed by atoms with E-state index in [2.05, 4.69) is 25.0 Å². The Morgan fingerprint density at radius 2 is 1.88 bits per heavy atom. The fourth-order valence-electron chi connectivity index (χ4n) is 1.09. The number of nitrogens with one attached hydrogen (secondary N) is 1. The summed E-state index contributed by atoms with van der Waals surface area (Å²) < 4.78 is 5.01. The molecule has 0 aromatic heterocycles. The molecule has 0 atom stereocenters. The van der Waals surface area contributed by atoms with Crippen LogP contribution in [0.1, 0.15) is 19.3 Å². The molecule has 0 saturated carbocycles. The molecule has 0 saturated heterocycles. The SMILES string of the molecule is C[Si](C)(C)CCOC(=O)NCCCCC(=O)O. The maximum atomic E-state index is 11.2. The highest BCUT2D eigenvalue weighted by molar-refractivity contribution is 6.76. The zero-order valence-electron chi connectivity index (χ0n) is 10.9. The Balaban J connectivity index is 3.38. The molecule has 0 heterocycles. The van der Waals surface area contributed by atoms with Gasteiger partial charge in [0.15, 0.2) is 0 Å². The summed E-state index contributed by atoms with van der Waals surface area (Å²) in [5.74, 6) is -0.803. The van der Waals surface area contributed by atoms with Gasteiger partial charge in [-0.2, -0.15) is 0 Å². The van der Waals surface area contributed by atoms with Gasteiger partial charge in [0.05, 0.1) is 6.61 Å². The van der Waals surface area contributed by atoms with Gasteiger partial charge in [0.2, 0.25) is 0 Å². The van der Waals surface area contributed by atoms with E-state index in [-0.39, 0.29) is 6.42 Å². The van der Waals surface area contributed by atoms with Crippen molar-refractivity contribution in [2.75, 3.05) is 13.2 Å². The number of carboxylic acid groups (broad SMARTS) is 1. The molecular formula is C11H23NO4Si. The van der Waals surface area contributed by atoms with E-state index in [9.17, 15) is 9.59 Å². The Morgan fingerprint density at radius 3 is 2.41 bits per heavy atom. The number of rotatable bonds is 8. The van der Waals surface area contributed by atoms with Crippen LogP contribution in [0.15, 0.2) is 0 Å². The van der Waals surface area contributed by atoms with Crippen molar-refractivity contribution in [1.29, 1.82) is 0 Å². The van der Waals surface area contributed by atoms with E-state index < -0.39 is 20.1 Å². The first kappa shape index (κ1) is 16.0.